The minimum absolute atomic E-state index is 0.609. The van der Waals surface area contributed by atoms with Gasteiger partial charge in [-0.25, -0.2) is 0 Å². The Bertz CT molecular complexity index is 267. The van der Waals surface area contributed by atoms with Crippen molar-refractivity contribution in [2.45, 2.75) is 31.7 Å². The average Bonchev–Trinajstić information content (AvgIpc) is 3.02. The number of nitrogens with one attached hydrogen (secondary N) is 1. The van der Waals surface area contributed by atoms with Crippen molar-refractivity contribution in [3.63, 3.8) is 0 Å². The summed E-state index contributed by atoms with van der Waals surface area (Å²) in [5, 5.41) is 3.38. The Morgan fingerprint density at radius 2 is 2.36 bits per heavy atom. The molecule has 1 N–H and O–H groups in total. The van der Waals surface area contributed by atoms with Crippen molar-refractivity contribution in [3.8, 4) is 0 Å². The molecule has 0 spiro atoms. The van der Waals surface area contributed by atoms with Gasteiger partial charge in [-0.15, -0.1) is 0 Å². The first-order valence-corrected chi connectivity index (χ1v) is 5.45. The monoisotopic (exact) mass is 190 g/mol. The molecule has 0 amide bonds. The van der Waals surface area contributed by atoms with Gasteiger partial charge in [0.1, 0.15) is 0 Å². The standard InChI is InChI=1S/C12H18N2/c1-13-12(8-10-5-6-10)9-11-4-2-3-7-14-11/h2-4,7,10,12-13H,5-6,8-9H2,1H3. The molecule has 1 aliphatic rings. The molecule has 0 bridgehead atoms. The van der Waals surface area contributed by atoms with Crippen LogP contribution in [0, 0.1) is 5.92 Å². The molecule has 2 nitrogen and oxygen atoms in total. The van der Waals surface area contributed by atoms with Gasteiger partial charge in [-0.2, -0.15) is 0 Å². The van der Waals surface area contributed by atoms with Gasteiger partial charge in [-0.1, -0.05) is 18.9 Å². The highest BCUT2D eigenvalue weighted by Gasteiger charge is 2.24. The molecule has 1 saturated carbocycles. The Hall–Kier alpha value is -0.890. The molecule has 0 aromatic carbocycles. The van der Waals surface area contributed by atoms with Crippen molar-refractivity contribution in [1.29, 1.82) is 0 Å². The van der Waals surface area contributed by atoms with Crippen LogP contribution in [0.5, 0.6) is 0 Å². The van der Waals surface area contributed by atoms with Gasteiger partial charge in [-0.3, -0.25) is 4.98 Å². The fourth-order valence-electron chi connectivity index (χ4n) is 1.83. The zero-order chi connectivity index (χ0) is 9.80. The number of hydrogen-bond donors (Lipinski definition) is 1. The van der Waals surface area contributed by atoms with Crippen LogP contribution >= 0.6 is 0 Å². The lowest BCUT2D eigenvalue weighted by atomic mass is 10.0. The molecule has 1 aromatic rings. The van der Waals surface area contributed by atoms with E-state index in [-0.39, 0.29) is 0 Å². The predicted octanol–water partition coefficient (Wildman–Crippen LogP) is 2.01. The lowest BCUT2D eigenvalue weighted by molar-refractivity contribution is 0.486. The number of hydrogen-bond acceptors (Lipinski definition) is 2. The summed E-state index contributed by atoms with van der Waals surface area (Å²) in [6.45, 7) is 0. The van der Waals surface area contributed by atoms with E-state index in [0.717, 1.165) is 12.3 Å². The van der Waals surface area contributed by atoms with Crippen LogP contribution in [0.4, 0.5) is 0 Å². The Balaban J connectivity index is 1.87. The topological polar surface area (TPSA) is 24.9 Å². The van der Waals surface area contributed by atoms with Crippen molar-refractivity contribution < 1.29 is 0 Å². The van der Waals surface area contributed by atoms with E-state index in [9.17, 15) is 0 Å². The summed E-state index contributed by atoms with van der Waals surface area (Å²) in [5.41, 5.74) is 1.20. The predicted molar refractivity (Wildman–Crippen MR) is 58.1 cm³/mol. The van der Waals surface area contributed by atoms with Crippen LogP contribution in [0.2, 0.25) is 0 Å². The van der Waals surface area contributed by atoms with Crippen molar-refractivity contribution in [3.05, 3.63) is 30.1 Å². The van der Waals surface area contributed by atoms with Crippen LogP contribution in [0.1, 0.15) is 25.0 Å². The second kappa shape index (κ2) is 4.56. The van der Waals surface area contributed by atoms with E-state index in [1.54, 1.807) is 0 Å². The first-order valence-electron chi connectivity index (χ1n) is 5.45. The minimum atomic E-state index is 0.609. The van der Waals surface area contributed by atoms with Crippen molar-refractivity contribution >= 4 is 0 Å². The van der Waals surface area contributed by atoms with Crippen LogP contribution in [0.15, 0.2) is 24.4 Å². The molecule has 1 fully saturated rings. The first kappa shape index (κ1) is 9.66. The Kier molecular flexibility index (Phi) is 3.14. The van der Waals surface area contributed by atoms with E-state index in [0.29, 0.717) is 6.04 Å². The Labute approximate surface area is 85.7 Å². The number of likely N-dealkylation sites (N-methyl/N-ethyl adjacent to an activating group) is 1. The van der Waals surface area contributed by atoms with Gasteiger partial charge in [0.2, 0.25) is 0 Å². The summed E-state index contributed by atoms with van der Waals surface area (Å²) >= 11 is 0. The molecule has 1 aliphatic carbocycles. The van der Waals surface area contributed by atoms with Crippen LogP contribution < -0.4 is 5.32 Å². The molecule has 1 heterocycles. The molecule has 2 heteroatoms. The molecule has 76 valence electrons. The Morgan fingerprint density at radius 1 is 1.50 bits per heavy atom. The van der Waals surface area contributed by atoms with E-state index in [1.807, 2.05) is 12.3 Å². The van der Waals surface area contributed by atoms with Gasteiger partial charge in [0.05, 0.1) is 0 Å². The van der Waals surface area contributed by atoms with Crippen LogP contribution in [0.3, 0.4) is 0 Å². The lowest BCUT2D eigenvalue weighted by Gasteiger charge is -2.14. The number of pyridine rings is 1. The molecule has 0 radical (unpaired) electrons. The zero-order valence-corrected chi connectivity index (χ0v) is 8.74. The maximum atomic E-state index is 4.35. The maximum absolute atomic E-state index is 4.35. The molecule has 14 heavy (non-hydrogen) atoms. The highest BCUT2D eigenvalue weighted by molar-refractivity contribution is 5.05. The van der Waals surface area contributed by atoms with Crippen LogP contribution in [0.25, 0.3) is 0 Å². The van der Waals surface area contributed by atoms with Gasteiger partial charge >= 0.3 is 0 Å². The third-order valence-electron chi connectivity index (χ3n) is 2.90. The van der Waals surface area contributed by atoms with Gasteiger partial charge in [0.25, 0.3) is 0 Å². The van der Waals surface area contributed by atoms with Crippen LogP contribution in [-0.2, 0) is 6.42 Å². The molecule has 0 saturated heterocycles. The lowest BCUT2D eigenvalue weighted by Crippen LogP contribution is -2.28. The molecule has 1 atom stereocenters. The normalized spacial score (nSPS) is 18.1. The van der Waals surface area contributed by atoms with Gasteiger partial charge in [0, 0.05) is 24.4 Å². The van der Waals surface area contributed by atoms with E-state index in [2.05, 4.69) is 29.5 Å². The molecule has 1 aromatic heterocycles. The smallest absolute Gasteiger partial charge is 0.0419 e. The number of nitrogens with zero attached hydrogens (tertiary/aromatic N) is 1. The molecular weight excluding hydrogens is 172 g/mol. The number of rotatable bonds is 5. The fourth-order valence-corrected chi connectivity index (χ4v) is 1.83. The zero-order valence-electron chi connectivity index (χ0n) is 8.74. The minimum Gasteiger partial charge on any atom is -0.317 e. The fraction of sp³-hybridized carbons (Fsp3) is 0.583. The largest absolute Gasteiger partial charge is 0.317 e. The van der Waals surface area contributed by atoms with E-state index < -0.39 is 0 Å². The van der Waals surface area contributed by atoms with E-state index >= 15 is 0 Å². The van der Waals surface area contributed by atoms with Gasteiger partial charge in [0.15, 0.2) is 0 Å². The summed E-state index contributed by atoms with van der Waals surface area (Å²) in [6.07, 6.45) is 7.11. The van der Waals surface area contributed by atoms with Crippen molar-refractivity contribution in [2.24, 2.45) is 5.92 Å². The van der Waals surface area contributed by atoms with Crippen molar-refractivity contribution in [1.82, 2.24) is 10.3 Å². The summed E-state index contributed by atoms with van der Waals surface area (Å²) < 4.78 is 0. The summed E-state index contributed by atoms with van der Waals surface area (Å²) in [5.74, 6) is 0.983. The summed E-state index contributed by atoms with van der Waals surface area (Å²) in [6, 6.07) is 6.75. The summed E-state index contributed by atoms with van der Waals surface area (Å²) in [7, 11) is 2.05. The quantitative estimate of drug-likeness (QED) is 0.768. The first-order chi connectivity index (χ1) is 6.88. The summed E-state index contributed by atoms with van der Waals surface area (Å²) in [4.78, 5) is 4.35. The molecule has 0 aliphatic heterocycles. The second-order valence-corrected chi connectivity index (χ2v) is 4.19. The third kappa shape index (κ3) is 2.81. The van der Waals surface area contributed by atoms with Crippen LogP contribution in [-0.4, -0.2) is 18.1 Å². The average molecular weight is 190 g/mol. The SMILES string of the molecule is CNC(Cc1ccccn1)CC1CC1. The Morgan fingerprint density at radius 3 is 2.93 bits per heavy atom. The van der Waals surface area contributed by atoms with Crippen molar-refractivity contribution in [2.75, 3.05) is 7.05 Å². The van der Waals surface area contributed by atoms with Gasteiger partial charge < -0.3 is 5.32 Å². The highest BCUT2D eigenvalue weighted by atomic mass is 14.9. The molecular formula is C12H18N2. The molecule has 2 rings (SSSR count). The second-order valence-electron chi connectivity index (χ2n) is 4.19. The molecule has 1 unspecified atom stereocenters. The highest BCUT2D eigenvalue weighted by Crippen LogP contribution is 2.33. The van der Waals surface area contributed by atoms with E-state index in [4.69, 9.17) is 0 Å². The van der Waals surface area contributed by atoms with E-state index in [1.165, 1.54) is 25.0 Å². The maximum Gasteiger partial charge on any atom is 0.0419 e. The third-order valence-corrected chi connectivity index (χ3v) is 2.90. The van der Waals surface area contributed by atoms with Gasteiger partial charge in [-0.05, 0) is 31.5 Å². The number of aromatic nitrogens is 1.